The van der Waals surface area contributed by atoms with Crippen LogP contribution in [-0.2, 0) is 7.05 Å². The summed E-state index contributed by atoms with van der Waals surface area (Å²) < 4.78 is 2.05. The highest BCUT2D eigenvalue weighted by Crippen LogP contribution is 2.28. The van der Waals surface area contributed by atoms with E-state index < -0.39 is 0 Å². The average Bonchev–Trinajstić information content (AvgIpc) is 3.10. The number of aromatic nitrogens is 3. The van der Waals surface area contributed by atoms with Crippen LogP contribution < -0.4 is 10.2 Å². The monoisotopic (exact) mass is 271 g/mol. The molecule has 0 amide bonds. The van der Waals surface area contributed by atoms with Crippen LogP contribution in [0, 0.1) is 0 Å². The van der Waals surface area contributed by atoms with Crippen molar-refractivity contribution in [1.82, 2.24) is 14.5 Å². The number of nitrogens with one attached hydrogen (secondary N) is 1. The van der Waals surface area contributed by atoms with E-state index in [4.69, 9.17) is 0 Å². The van der Waals surface area contributed by atoms with Crippen LogP contribution in [0.3, 0.4) is 0 Å². The molecule has 0 bridgehead atoms. The number of nitrogens with zero attached hydrogens (tertiary/aromatic N) is 4. The van der Waals surface area contributed by atoms with Gasteiger partial charge in [-0.2, -0.15) is 0 Å². The van der Waals surface area contributed by atoms with Crippen LogP contribution in [0.2, 0.25) is 0 Å². The molecule has 0 saturated carbocycles. The first kappa shape index (κ1) is 13.0. The Morgan fingerprint density at radius 1 is 1.20 bits per heavy atom. The summed E-state index contributed by atoms with van der Waals surface area (Å²) in [5.41, 5.74) is 1.09. The smallest absolute Gasteiger partial charge is 0.151 e. The first-order valence-corrected chi connectivity index (χ1v) is 7.19. The molecule has 0 spiro atoms. The number of hydrogen-bond acceptors (Lipinski definition) is 4. The summed E-state index contributed by atoms with van der Waals surface area (Å²) in [6.07, 6.45) is 8.18. The average molecular weight is 271 g/mol. The van der Waals surface area contributed by atoms with Gasteiger partial charge in [0.05, 0.1) is 11.7 Å². The maximum atomic E-state index is 4.55. The number of aryl methyl sites for hydroxylation is 1. The topological polar surface area (TPSA) is 46.0 Å². The Morgan fingerprint density at radius 2 is 2.00 bits per heavy atom. The standard InChI is InChI=1S/C15H21N5/c1-12(14-17-8-11-19(14)2)18-13-6-5-7-16-15(13)20-9-3-4-10-20/h5-8,11-12,18H,3-4,9-10H2,1-2H3. The highest BCUT2D eigenvalue weighted by Gasteiger charge is 2.18. The van der Waals surface area contributed by atoms with Crippen molar-refractivity contribution >= 4 is 11.5 Å². The van der Waals surface area contributed by atoms with E-state index in [9.17, 15) is 0 Å². The SMILES string of the molecule is CC(Nc1cccnc1N1CCCC1)c1nccn1C. The quantitative estimate of drug-likeness (QED) is 0.928. The fourth-order valence-electron chi connectivity index (χ4n) is 2.78. The first-order chi connectivity index (χ1) is 9.75. The third kappa shape index (κ3) is 2.48. The van der Waals surface area contributed by atoms with E-state index in [-0.39, 0.29) is 6.04 Å². The highest BCUT2D eigenvalue weighted by atomic mass is 15.2. The van der Waals surface area contributed by atoms with Gasteiger partial charge in [-0.1, -0.05) is 0 Å². The highest BCUT2D eigenvalue weighted by molar-refractivity contribution is 5.66. The molecule has 0 aliphatic carbocycles. The maximum absolute atomic E-state index is 4.55. The van der Waals surface area contributed by atoms with Crippen LogP contribution in [0.1, 0.15) is 31.6 Å². The van der Waals surface area contributed by atoms with E-state index in [1.165, 1.54) is 12.8 Å². The van der Waals surface area contributed by atoms with Gasteiger partial charge in [-0.05, 0) is 31.9 Å². The molecule has 1 unspecified atom stereocenters. The van der Waals surface area contributed by atoms with Crippen molar-refractivity contribution in [2.24, 2.45) is 7.05 Å². The summed E-state index contributed by atoms with van der Waals surface area (Å²) in [5.74, 6) is 2.09. The summed E-state index contributed by atoms with van der Waals surface area (Å²) in [5, 5.41) is 3.54. The summed E-state index contributed by atoms with van der Waals surface area (Å²) in [4.78, 5) is 11.3. The van der Waals surface area contributed by atoms with Gasteiger partial charge in [-0.25, -0.2) is 9.97 Å². The summed E-state index contributed by atoms with van der Waals surface area (Å²) in [6.45, 7) is 4.33. The number of rotatable bonds is 4. The van der Waals surface area contributed by atoms with Gasteiger partial charge in [-0.3, -0.25) is 0 Å². The van der Waals surface area contributed by atoms with E-state index >= 15 is 0 Å². The molecule has 2 aromatic heterocycles. The number of hydrogen-bond donors (Lipinski definition) is 1. The van der Waals surface area contributed by atoms with Crippen molar-refractivity contribution in [1.29, 1.82) is 0 Å². The Kier molecular flexibility index (Phi) is 3.58. The van der Waals surface area contributed by atoms with Gasteiger partial charge in [0.15, 0.2) is 5.82 Å². The van der Waals surface area contributed by atoms with Crippen LogP contribution in [0.5, 0.6) is 0 Å². The van der Waals surface area contributed by atoms with E-state index in [0.717, 1.165) is 30.4 Å². The zero-order valence-electron chi connectivity index (χ0n) is 12.1. The number of pyridine rings is 1. The van der Waals surface area contributed by atoms with Crippen LogP contribution in [0.15, 0.2) is 30.7 Å². The molecular formula is C15H21N5. The molecule has 0 radical (unpaired) electrons. The summed E-state index contributed by atoms with van der Waals surface area (Å²) in [7, 11) is 2.02. The van der Waals surface area contributed by atoms with Crippen molar-refractivity contribution in [3.63, 3.8) is 0 Å². The van der Waals surface area contributed by atoms with Gasteiger partial charge in [0.1, 0.15) is 5.82 Å². The van der Waals surface area contributed by atoms with Crippen molar-refractivity contribution in [3.05, 3.63) is 36.5 Å². The first-order valence-electron chi connectivity index (χ1n) is 7.19. The predicted molar refractivity (Wildman–Crippen MR) is 80.9 cm³/mol. The lowest BCUT2D eigenvalue weighted by molar-refractivity contribution is 0.720. The molecule has 5 nitrogen and oxygen atoms in total. The fourth-order valence-corrected chi connectivity index (χ4v) is 2.78. The van der Waals surface area contributed by atoms with Crippen molar-refractivity contribution in [3.8, 4) is 0 Å². The minimum Gasteiger partial charge on any atom is -0.372 e. The second-order valence-electron chi connectivity index (χ2n) is 5.33. The van der Waals surface area contributed by atoms with E-state index in [0.29, 0.717) is 0 Å². The van der Waals surface area contributed by atoms with Gasteiger partial charge in [0, 0.05) is 38.7 Å². The molecule has 3 heterocycles. The summed E-state index contributed by atoms with van der Waals surface area (Å²) >= 11 is 0. The molecule has 106 valence electrons. The van der Waals surface area contributed by atoms with E-state index in [1.807, 2.05) is 36.3 Å². The van der Waals surface area contributed by atoms with Crippen LogP contribution in [0.25, 0.3) is 0 Å². The Labute approximate surface area is 119 Å². The van der Waals surface area contributed by atoms with Gasteiger partial charge < -0.3 is 14.8 Å². The predicted octanol–water partition coefficient (Wildman–Crippen LogP) is 2.59. The Bertz CT molecular complexity index is 571. The lowest BCUT2D eigenvalue weighted by Crippen LogP contribution is -2.21. The molecular weight excluding hydrogens is 250 g/mol. The van der Waals surface area contributed by atoms with Gasteiger partial charge in [-0.15, -0.1) is 0 Å². The zero-order valence-corrected chi connectivity index (χ0v) is 12.1. The minimum absolute atomic E-state index is 0.153. The van der Waals surface area contributed by atoms with Crippen LogP contribution in [0.4, 0.5) is 11.5 Å². The molecule has 1 saturated heterocycles. The van der Waals surface area contributed by atoms with Crippen molar-refractivity contribution in [2.45, 2.75) is 25.8 Å². The molecule has 1 aliphatic heterocycles. The fraction of sp³-hybridized carbons (Fsp3) is 0.467. The summed E-state index contributed by atoms with van der Waals surface area (Å²) in [6, 6.07) is 4.23. The molecule has 3 rings (SSSR count). The minimum atomic E-state index is 0.153. The third-order valence-electron chi connectivity index (χ3n) is 3.81. The molecule has 1 atom stereocenters. The third-order valence-corrected chi connectivity index (χ3v) is 3.81. The van der Waals surface area contributed by atoms with Gasteiger partial charge >= 0.3 is 0 Å². The molecule has 5 heteroatoms. The van der Waals surface area contributed by atoms with Gasteiger partial charge in [0.2, 0.25) is 0 Å². The Morgan fingerprint density at radius 3 is 2.70 bits per heavy atom. The maximum Gasteiger partial charge on any atom is 0.151 e. The molecule has 20 heavy (non-hydrogen) atoms. The van der Waals surface area contributed by atoms with Gasteiger partial charge in [0.25, 0.3) is 0 Å². The van der Waals surface area contributed by atoms with E-state index in [1.54, 1.807) is 0 Å². The zero-order chi connectivity index (χ0) is 13.9. The Hall–Kier alpha value is -2.04. The number of anilines is 2. The second kappa shape index (κ2) is 5.53. The molecule has 1 fully saturated rings. The second-order valence-corrected chi connectivity index (χ2v) is 5.33. The lowest BCUT2D eigenvalue weighted by Gasteiger charge is -2.22. The lowest BCUT2D eigenvalue weighted by atomic mass is 10.2. The normalized spacial score (nSPS) is 16.4. The molecule has 2 aromatic rings. The molecule has 1 N–H and O–H groups in total. The number of imidazole rings is 1. The van der Waals surface area contributed by atoms with E-state index in [2.05, 4.69) is 33.2 Å². The molecule has 1 aliphatic rings. The largest absolute Gasteiger partial charge is 0.372 e. The Balaban J connectivity index is 1.82. The molecule has 0 aromatic carbocycles. The van der Waals surface area contributed by atoms with Crippen molar-refractivity contribution < 1.29 is 0 Å². The van der Waals surface area contributed by atoms with Crippen molar-refractivity contribution in [2.75, 3.05) is 23.3 Å². The van der Waals surface area contributed by atoms with Crippen LogP contribution >= 0.6 is 0 Å². The van der Waals surface area contributed by atoms with Crippen LogP contribution in [-0.4, -0.2) is 27.6 Å².